The van der Waals surface area contributed by atoms with E-state index in [-0.39, 0.29) is 12.2 Å². The van der Waals surface area contributed by atoms with Crippen LogP contribution in [0.5, 0.6) is 0 Å². The minimum Gasteiger partial charge on any atom is -0.453 e. The molecule has 1 aromatic rings. The molecule has 4 atom stereocenters. The summed E-state index contributed by atoms with van der Waals surface area (Å²) in [5.41, 5.74) is -1.43. The van der Waals surface area contributed by atoms with E-state index in [4.69, 9.17) is 18.9 Å². The average molecular weight is 402 g/mol. The Morgan fingerprint density at radius 3 is 2.36 bits per heavy atom. The van der Waals surface area contributed by atoms with Gasteiger partial charge in [-0.1, -0.05) is 0 Å². The first-order valence-electron chi connectivity index (χ1n) is 8.91. The largest absolute Gasteiger partial charge is 0.453 e. The molecule has 3 N–H and O–H groups in total. The van der Waals surface area contributed by atoms with Gasteiger partial charge in [-0.25, -0.2) is 9.59 Å². The number of esters is 1. The average Bonchev–Trinajstić information content (AvgIpc) is 2.89. The van der Waals surface area contributed by atoms with Crippen LogP contribution in [0.4, 0.5) is 0 Å². The third-order valence-corrected chi connectivity index (χ3v) is 3.85. The zero-order valence-corrected chi connectivity index (χ0v) is 16.1. The molecule has 2 rings (SSSR count). The monoisotopic (exact) mass is 402 g/mol. The van der Waals surface area contributed by atoms with Crippen LogP contribution in [0, 0.1) is 0 Å². The van der Waals surface area contributed by atoms with Crippen molar-refractivity contribution in [1.29, 1.82) is 0 Å². The number of carbonyl (C=O) groups excluding carboxylic acids is 1. The van der Waals surface area contributed by atoms with Crippen LogP contribution in [0.25, 0.3) is 0 Å². The summed E-state index contributed by atoms with van der Waals surface area (Å²) in [4.78, 5) is 37.7. The van der Waals surface area contributed by atoms with Gasteiger partial charge in [0, 0.05) is 12.3 Å². The van der Waals surface area contributed by atoms with E-state index < -0.39 is 54.7 Å². The first-order chi connectivity index (χ1) is 13.1. The van der Waals surface area contributed by atoms with Crippen LogP contribution in [-0.2, 0) is 23.7 Å². The number of nitrogens with zero attached hydrogens (tertiary/aromatic N) is 1. The van der Waals surface area contributed by atoms with Gasteiger partial charge in [-0.3, -0.25) is 14.3 Å². The lowest BCUT2D eigenvalue weighted by atomic mass is 10.1. The number of ether oxygens (including phenoxy) is 4. The van der Waals surface area contributed by atoms with Crippen molar-refractivity contribution in [1.82, 2.24) is 9.55 Å². The molecule has 0 aliphatic carbocycles. The molecule has 0 radical (unpaired) electrons. The zero-order valence-electron chi connectivity index (χ0n) is 16.1. The fourth-order valence-corrected chi connectivity index (χ4v) is 2.70. The minimum atomic E-state index is -1.48. The first kappa shape index (κ1) is 22.2. The maximum absolute atomic E-state index is 12.5. The Balaban J connectivity index is 2.20. The summed E-state index contributed by atoms with van der Waals surface area (Å²) in [5.74, 6) is -0.900. The van der Waals surface area contributed by atoms with Crippen molar-refractivity contribution in [3.63, 3.8) is 0 Å². The van der Waals surface area contributed by atoms with Gasteiger partial charge in [0.15, 0.2) is 12.3 Å². The van der Waals surface area contributed by atoms with Crippen molar-refractivity contribution < 1.29 is 34.0 Å². The number of aliphatic hydroxyl groups is 2. The number of nitrogens with one attached hydrogen (secondary N) is 1. The SMILES string of the molecule is CC(C)OC(OC(C)C)C(=O)O[C@H]1[C@@H](O)[C@H](n2ccc(=O)[nH]c2=O)O[C@@H]1CO. The molecule has 0 bridgehead atoms. The van der Waals surface area contributed by atoms with Gasteiger partial charge in [-0.2, -0.15) is 0 Å². The normalized spacial score (nSPS) is 25.0. The van der Waals surface area contributed by atoms with Gasteiger partial charge in [0.05, 0.1) is 18.8 Å². The van der Waals surface area contributed by atoms with Crippen LogP contribution in [0.1, 0.15) is 33.9 Å². The summed E-state index contributed by atoms with van der Waals surface area (Å²) in [6.07, 6.45) is -5.99. The highest BCUT2D eigenvalue weighted by Crippen LogP contribution is 2.30. The molecule has 158 valence electrons. The van der Waals surface area contributed by atoms with Crippen LogP contribution < -0.4 is 11.2 Å². The van der Waals surface area contributed by atoms with Crippen molar-refractivity contribution in [3.8, 4) is 0 Å². The minimum absolute atomic E-state index is 0.331. The number of aromatic amines is 1. The van der Waals surface area contributed by atoms with Gasteiger partial charge in [0.2, 0.25) is 0 Å². The second-order valence-electron chi connectivity index (χ2n) is 6.86. The van der Waals surface area contributed by atoms with Gasteiger partial charge >= 0.3 is 11.7 Å². The van der Waals surface area contributed by atoms with Crippen molar-refractivity contribution in [2.24, 2.45) is 0 Å². The number of aliphatic hydroxyl groups excluding tert-OH is 2. The van der Waals surface area contributed by atoms with Crippen molar-refractivity contribution >= 4 is 5.97 Å². The summed E-state index contributed by atoms with van der Waals surface area (Å²) in [5, 5.41) is 20.1. The summed E-state index contributed by atoms with van der Waals surface area (Å²) in [6.45, 7) is 6.28. The number of aromatic nitrogens is 2. The molecule has 1 aliphatic heterocycles. The van der Waals surface area contributed by atoms with Crippen molar-refractivity contribution in [2.75, 3.05) is 6.61 Å². The second kappa shape index (κ2) is 9.43. The summed E-state index contributed by atoms with van der Waals surface area (Å²) < 4.78 is 22.5. The highest BCUT2D eigenvalue weighted by Gasteiger charge is 2.48. The molecule has 1 fully saturated rings. The van der Waals surface area contributed by atoms with E-state index in [0.717, 1.165) is 16.8 Å². The number of hydrogen-bond acceptors (Lipinski definition) is 9. The molecule has 0 amide bonds. The molecule has 1 aromatic heterocycles. The number of rotatable bonds is 8. The van der Waals surface area contributed by atoms with Gasteiger partial charge in [-0.15, -0.1) is 0 Å². The van der Waals surface area contributed by atoms with E-state index in [1.807, 2.05) is 4.98 Å². The predicted octanol–water partition coefficient (Wildman–Crippen LogP) is -1.12. The molecule has 0 saturated carbocycles. The molecule has 0 aromatic carbocycles. The molecule has 1 saturated heterocycles. The number of hydrogen-bond donors (Lipinski definition) is 3. The fourth-order valence-electron chi connectivity index (χ4n) is 2.70. The Kier molecular flexibility index (Phi) is 7.49. The molecule has 11 nitrogen and oxygen atoms in total. The van der Waals surface area contributed by atoms with Gasteiger partial charge in [0.1, 0.15) is 12.2 Å². The van der Waals surface area contributed by atoms with Gasteiger partial charge in [0.25, 0.3) is 11.8 Å². The first-order valence-corrected chi connectivity index (χ1v) is 8.91. The van der Waals surface area contributed by atoms with E-state index in [1.165, 1.54) is 0 Å². The Labute approximate surface area is 160 Å². The van der Waals surface area contributed by atoms with E-state index in [0.29, 0.717) is 0 Å². The van der Waals surface area contributed by atoms with Gasteiger partial charge < -0.3 is 29.2 Å². The Bertz CT molecular complexity index is 762. The third-order valence-electron chi connectivity index (χ3n) is 3.85. The second-order valence-corrected chi connectivity index (χ2v) is 6.86. The quantitative estimate of drug-likeness (QED) is 0.363. The number of carbonyl (C=O) groups is 1. The Morgan fingerprint density at radius 1 is 1.25 bits per heavy atom. The van der Waals surface area contributed by atoms with Crippen LogP contribution >= 0.6 is 0 Å². The maximum atomic E-state index is 12.5. The zero-order chi connectivity index (χ0) is 21.0. The van der Waals surface area contributed by atoms with Crippen LogP contribution in [0.3, 0.4) is 0 Å². The summed E-state index contributed by atoms with van der Waals surface area (Å²) in [7, 11) is 0. The Hall–Kier alpha value is -2.05. The molecule has 2 heterocycles. The lowest BCUT2D eigenvalue weighted by Crippen LogP contribution is -2.43. The smallest absolute Gasteiger partial charge is 0.363 e. The summed E-state index contributed by atoms with van der Waals surface area (Å²) >= 11 is 0. The van der Waals surface area contributed by atoms with Crippen molar-refractivity contribution in [3.05, 3.63) is 33.1 Å². The molecule has 0 spiro atoms. The molecular formula is C17H26N2O9. The lowest BCUT2D eigenvalue weighted by molar-refractivity contribution is -0.219. The molecule has 0 unspecified atom stereocenters. The fraction of sp³-hybridized carbons (Fsp3) is 0.706. The molecule has 28 heavy (non-hydrogen) atoms. The highest BCUT2D eigenvalue weighted by atomic mass is 16.7. The van der Waals surface area contributed by atoms with Crippen molar-refractivity contribution in [2.45, 2.75) is 70.7 Å². The molecule has 1 aliphatic rings. The third kappa shape index (κ3) is 5.26. The van der Waals surface area contributed by atoms with E-state index in [1.54, 1.807) is 27.7 Å². The maximum Gasteiger partial charge on any atom is 0.363 e. The van der Waals surface area contributed by atoms with Crippen LogP contribution in [0.15, 0.2) is 21.9 Å². The van der Waals surface area contributed by atoms with Crippen LogP contribution in [0.2, 0.25) is 0 Å². The Morgan fingerprint density at radius 2 is 1.86 bits per heavy atom. The number of H-pyrrole nitrogens is 1. The summed E-state index contributed by atoms with van der Waals surface area (Å²) in [6, 6.07) is 1.08. The topological polar surface area (TPSA) is 149 Å². The standard InChI is InChI=1S/C17H26N2O9/c1-8(2)25-16(26-9(3)4)15(23)28-13-10(7-20)27-14(12(13)22)19-6-5-11(21)18-17(19)24/h5-6,8-10,12-14,16,20,22H,7H2,1-4H3,(H,18,21,24)/t10-,12-,13-,14-/m1/s1. The van der Waals surface area contributed by atoms with Crippen LogP contribution in [-0.4, -0.2) is 69.2 Å². The molecular weight excluding hydrogens is 376 g/mol. The van der Waals surface area contributed by atoms with Gasteiger partial charge in [-0.05, 0) is 27.7 Å². The van der Waals surface area contributed by atoms with E-state index in [9.17, 15) is 24.6 Å². The highest BCUT2D eigenvalue weighted by molar-refractivity contribution is 5.73. The lowest BCUT2D eigenvalue weighted by Gasteiger charge is -2.25. The predicted molar refractivity (Wildman–Crippen MR) is 94.4 cm³/mol. The van der Waals surface area contributed by atoms with E-state index >= 15 is 0 Å². The van der Waals surface area contributed by atoms with E-state index in [2.05, 4.69) is 0 Å². The molecule has 11 heteroatoms.